The van der Waals surface area contributed by atoms with Crippen LogP contribution in [0.2, 0.25) is 0 Å². The topological polar surface area (TPSA) is 51.0 Å². The Kier molecular flexibility index (Phi) is 3.26. The van der Waals surface area contributed by atoms with E-state index in [1.807, 2.05) is 36.2 Å². The van der Waals surface area contributed by atoms with Crippen LogP contribution in [-0.2, 0) is 0 Å². The molecule has 2 aromatic rings. The van der Waals surface area contributed by atoms with Crippen LogP contribution in [0.15, 0.2) is 36.9 Å². The average molecular weight is 270 g/mol. The van der Waals surface area contributed by atoms with Crippen LogP contribution in [0.4, 0.5) is 0 Å². The van der Waals surface area contributed by atoms with E-state index < -0.39 is 0 Å². The maximum atomic E-state index is 12.4. The fraction of sp³-hybridized carbons (Fsp3) is 0.400. The van der Waals surface area contributed by atoms with Crippen LogP contribution in [0, 0.1) is 5.92 Å². The Balaban J connectivity index is 1.75. The van der Waals surface area contributed by atoms with E-state index in [4.69, 9.17) is 0 Å². The van der Waals surface area contributed by atoms with Crippen molar-refractivity contribution in [1.82, 2.24) is 19.7 Å². The number of carbonyl (C=O) groups is 1. The van der Waals surface area contributed by atoms with Gasteiger partial charge in [0, 0.05) is 18.7 Å². The van der Waals surface area contributed by atoms with E-state index in [0.717, 1.165) is 5.69 Å². The molecule has 1 aliphatic carbocycles. The zero-order chi connectivity index (χ0) is 14.1. The summed E-state index contributed by atoms with van der Waals surface area (Å²) in [6.45, 7) is 2.12. The first kappa shape index (κ1) is 12.8. The third kappa shape index (κ3) is 2.43. The van der Waals surface area contributed by atoms with Crippen LogP contribution in [0.1, 0.15) is 30.1 Å². The number of amides is 1. The van der Waals surface area contributed by atoms with E-state index in [0.29, 0.717) is 17.5 Å². The monoisotopic (exact) mass is 270 g/mol. The van der Waals surface area contributed by atoms with E-state index in [9.17, 15) is 4.79 Å². The average Bonchev–Trinajstić information content (AvgIpc) is 3.20. The van der Waals surface area contributed by atoms with Gasteiger partial charge in [-0.1, -0.05) is 0 Å². The highest BCUT2D eigenvalue weighted by Gasteiger charge is 2.32. The van der Waals surface area contributed by atoms with Gasteiger partial charge in [-0.05, 0) is 49.9 Å². The molecule has 1 unspecified atom stereocenters. The molecule has 1 aromatic carbocycles. The predicted molar refractivity (Wildman–Crippen MR) is 75.6 cm³/mol. The van der Waals surface area contributed by atoms with Gasteiger partial charge in [-0.3, -0.25) is 4.79 Å². The molecule has 1 heterocycles. The summed E-state index contributed by atoms with van der Waals surface area (Å²) in [6.07, 6.45) is 5.61. The van der Waals surface area contributed by atoms with Gasteiger partial charge in [-0.15, -0.1) is 0 Å². The van der Waals surface area contributed by atoms with Crippen molar-refractivity contribution in [2.45, 2.75) is 25.8 Å². The molecule has 0 aliphatic heterocycles. The molecule has 0 bridgehead atoms. The Morgan fingerprint density at radius 3 is 2.60 bits per heavy atom. The molecule has 0 saturated heterocycles. The van der Waals surface area contributed by atoms with Crippen LogP contribution in [0.5, 0.6) is 0 Å². The van der Waals surface area contributed by atoms with Crippen molar-refractivity contribution < 1.29 is 4.79 Å². The standard InChI is InChI=1S/C15H18N4O/c1-11(12-3-4-12)18(2)15(20)13-5-7-14(8-6-13)19-10-16-9-17-19/h5-12H,3-4H2,1-2H3. The largest absolute Gasteiger partial charge is 0.339 e. The van der Waals surface area contributed by atoms with Gasteiger partial charge < -0.3 is 4.90 Å². The maximum absolute atomic E-state index is 12.4. The molecule has 3 rings (SSSR count). The van der Waals surface area contributed by atoms with Crippen molar-refractivity contribution in [3.8, 4) is 5.69 Å². The molecule has 1 fully saturated rings. The smallest absolute Gasteiger partial charge is 0.253 e. The molecule has 1 saturated carbocycles. The van der Waals surface area contributed by atoms with Crippen molar-refractivity contribution in [1.29, 1.82) is 0 Å². The summed E-state index contributed by atoms with van der Waals surface area (Å²) in [4.78, 5) is 18.2. The highest BCUT2D eigenvalue weighted by molar-refractivity contribution is 5.94. The molecule has 1 aliphatic rings. The lowest BCUT2D eigenvalue weighted by atomic mass is 10.1. The molecule has 1 aromatic heterocycles. The van der Waals surface area contributed by atoms with E-state index >= 15 is 0 Å². The molecular weight excluding hydrogens is 252 g/mol. The van der Waals surface area contributed by atoms with E-state index in [-0.39, 0.29) is 5.91 Å². The number of hydrogen-bond donors (Lipinski definition) is 0. The van der Waals surface area contributed by atoms with Crippen molar-refractivity contribution in [3.63, 3.8) is 0 Å². The van der Waals surface area contributed by atoms with Gasteiger partial charge in [-0.2, -0.15) is 5.10 Å². The Hall–Kier alpha value is -2.17. The number of carbonyl (C=O) groups excluding carboxylic acids is 1. The second-order valence-electron chi connectivity index (χ2n) is 5.38. The second-order valence-corrected chi connectivity index (χ2v) is 5.38. The van der Waals surface area contributed by atoms with Crippen LogP contribution < -0.4 is 0 Å². The summed E-state index contributed by atoms with van der Waals surface area (Å²) in [6, 6.07) is 7.78. The first-order valence-electron chi connectivity index (χ1n) is 6.89. The lowest BCUT2D eigenvalue weighted by molar-refractivity contribution is 0.0727. The minimum Gasteiger partial charge on any atom is -0.339 e. The van der Waals surface area contributed by atoms with Gasteiger partial charge in [0.05, 0.1) is 5.69 Å². The SMILES string of the molecule is CC(C1CC1)N(C)C(=O)c1ccc(-n2cncn2)cc1. The fourth-order valence-electron chi connectivity index (χ4n) is 2.38. The molecule has 1 amide bonds. The Bertz CT molecular complexity index is 587. The van der Waals surface area contributed by atoms with Crippen LogP contribution in [0.3, 0.4) is 0 Å². The van der Waals surface area contributed by atoms with Crippen molar-refractivity contribution in [2.24, 2.45) is 5.92 Å². The molecular formula is C15H18N4O. The molecule has 20 heavy (non-hydrogen) atoms. The second kappa shape index (κ2) is 5.07. The number of aromatic nitrogens is 3. The summed E-state index contributed by atoms with van der Waals surface area (Å²) in [7, 11) is 1.89. The van der Waals surface area contributed by atoms with Gasteiger partial charge >= 0.3 is 0 Å². The molecule has 0 radical (unpaired) electrons. The lowest BCUT2D eigenvalue weighted by Crippen LogP contribution is -2.36. The zero-order valence-corrected chi connectivity index (χ0v) is 11.7. The summed E-state index contributed by atoms with van der Waals surface area (Å²) >= 11 is 0. The van der Waals surface area contributed by atoms with E-state index in [2.05, 4.69) is 17.0 Å². The van der Waals surface area contributed by atoms with Crippen LogP contribution in [-0.4, -0.2) is 38.7 Å². The fourth-order valence-corrected chi connectivity index (χ4v) is 2.38. The van der Waals surface area contributed by atoms with Crippen molar-refractivity contribution >= 4 is 5.91 Å². The van der Waals surface area contributed by atoms with Crippen LogP contribution in [0.25, 0.3) is 5.69 Å². The number of benzene rings is 1. The number of hydrogen-bond acceptors (Lipinski definition) is 3. The van der Waals surface area contributed by atoms with Crippen LogP contribution >= 0.6 is 0 Å². The van der Waals surface area contributed by atoms with Gasteiger partial charge in [0.15, 0.2) is 0 Å². The molecule has 0 spiro atoms. The molecule has 5 heteroatoms. The summed E-state index contributed by atoms with van der Waals surface area (Å²) < 4.78 is 1.67. The quantitative estimate of drug-likeness (QED) is 0.855. The molecule has 5 nitrogen and oxygen atoms in total. The molecule has 1 atom stereocenters. The van der Waals surface area contributed by atoms with Crippen molar-refractivity contribution in [2.75, 3.05) is 7.05 Å². The molecule has 104 valence electrons. The minimum absolute atomic E-state index is 0.0783. The summed E-state index contributed by atoms with van der Waals surface area (Å²) in [5.74, 6) is 0.757. The van der Waals surface area contributed by atoms with Gasteiger partial charge in [-0.25, -0.2) is 9.67 Å². The first-order valence-corrected chi connectivity index (χ1v) is 6.89. The third-order valence-corrected chi connectivity index (χ3v) is 4.03. The van der Waals surface area contributed by atoms with E-state index in [1.165, 1.54) is 19.2 Å². The Morgan fingerprint density at radius 2 is 2.05 bits per heavy atom. The maximum Gasteiger partial charge on any atom is 0.253 e. The minimum atomic E-state index is 0.0783. The van der Waals surface area contributed by atoms with Gasteiger partial charge in [0.25, 0.3) is 5.91 Å². The van der Waals surface area contributed by atoms with Gasteiger partial charge in [0.2, 0.25) is 0 Å². The summed E-state index contributed by atoms with van der Waals surface area (Å²) in [5.41, 5.74) is 1.61. The zero-order valence-electron chi connectivity index (χ0n) is 11.7. The predicted octanol–water partition coefficient (Wildman–Crippen LogP) is 2.14. The number of nitrogens with zero attached hydrogens (tertiary/aromatic N) is 4. The van der Waals surface area contributed by atoms with E-state index in [1.54, 1.807) is 11.0 Å². The lowest BCUT2D eigenvalue weighted by Gasteiger charge is -2.25. The first-order chi connectivity index (χ1) is 9.66. The Labute approximate surface area is 118 Å². The van der Waals surface area contributed by atoms with Gasteiger partial charge in [0.1, 0.15) is 12.7 Å². The highest BCUT2D eigenvalue weighted by Crippen LogP contribution is 2.35. The normalized spacial score (nSPS) is 15.9. The third-order valence-electron chi connectivity index (χ3n) is 4.03. The Morgan fingerprint density at radius 1 is 1.35 bits per heavy atom. The van der Waals surface area contributed by atoms with Crippen molar-refractivity contribution in [3.05, 3.63) is 42.5 Å². The molecule has 0 N–H and O–H groups in total. The highest BCUT2D eigenvalue weighted by atomic mass is 16.2. The summed E-state index contributed by atoms with van der Waals surface area (Å²) in [5, 5.41) is 4.07. The number of rotatable bonds is 4.